The van der Waals surface area contributed by atoms with E-state index in [-0.39, 0.29) is 29.9 Å². The minimum atomic E-state index is -2.75. The van der Waals surface area contributed by atoms with Crippen LogP contribution in [-0.2, 0) is 26.5 Å². The van der Waals surface area contributed by atoms with E-state index in [2.05, 4.69) is 0 Å². The molecule has 0 aliphatic carbocycles. The maximum absolute atomic E-state index is 14.4. The van der Waals surface area contributed by atoms with Crippen LogP contribution in [0.4, 0.5) is 11.4 Å². The summed E-state index contributed by atoms with van der Waals surface area (Å²) in [5.41, 5.74) is 1.74. The first-order chi connectivity index (χ1) is 17.6. The van der Waals surface area contributed by atoms with Crippen LogP contribution >= 0.6 is 0 Å². The smallest absolute Gasteiger partial charge is 0.264 e. The van der Waals surface area contributed by atoms with Crippen LogP contribution in [0.2, 0.25) is 18.6 Å². The molecule has 2 saturated heterocycles. The molecule has 37 heavy (non-hydrogen) atoms. The van der Waals surface area contributed by atoms with Crippen molar-refractivity contribution in [2.24, 2.45) is 5.92 Å². The molecule has 0 saturated carbocycles. The van der Waals surface area contributed by atoms with Gasteiger partial charge in [0.15, 0.2) is 13.9 Å². The standard InChI is InChI=1S/C28H36N2O6Si/c1-18-26(37(3,4)34)24(12-14-31)36-28(18)22-16-21(35-2)10-11-23(22)30(27(28)33)17-19-7-5-8-20(15-19)29-13-6-9-25(29)32/h5,7-8,10-11,15-16,18,24,26,31,34H,6,9,12-14,17H2,1-4H3/t18-,24+,26-,28+/m1/s1. The molecule has 5 rings (SSSR count). The quantitative estimate of drug-likeness (QED) is 0.538. The minimum absolute atomic E-state index is 0.0840. The van der Waals surface area contributed by atoms with Crippen LogP contribution in [0.25, 0.3) is 0 Å². The van der Waals surface area contributed by atoms with Gasteiger partial charge in [0.2, 0.25) is 5.91 Å². The lowest BCUT2D eigenvalue weighted by Gasteiger charge is -2.32. The summed E-state index contributed by atoms with van der Waals surface area (Å²) in [6, 6.07) is 13.4. The monoisotopic (exact) mass is 524 g/mol. The number of carbonyl (C=O) groups excluding carboxylic acids is 2. The highest BCUT2D eigenvalue weighted by atomic mass is 28.4. The first-order valence-corrected chi connectivity index (χ1v) is 16.0. The summed E-state index contributed by atoms with van der Waals surface area (Å²) in [6.45, 7) is 6.67. The Morgan fingerprint density at radius 2 is 1.97 bits per heavy atom. The summed E-state index contributed by atoms with van der Waals surface area (Å²) in [5.74, 6) is 0.277. The zero-order valence-corrected chi connectivity index (χ0v) is 22.9. The second-order valence-corrected chi connectivity index (χ2v) is 14.9. The highest BCUT2D eigenvalue weighted by Gasteiger charge is 2.66. The van der Waals surface area contributed by atoms with Gasteiger partial charge in [-0.25, -0.2) is 0 Å². The summed E-state index contributed by atoms with van der Waals surface area (Å²) < 4.78 is 12.2. The van der Waals surface area contributed by atoms with Crippen molar-refractivity contribution in [3.63, 3.8) is 0 Å². The Balaban J connectivity index is 1.56. The molecule has 2 fully saturated rings. The van der Waals surface area contributed by atoms with Gasteiger partial charge in [0.25, 0.3) is 5.91 Å². The van der Waals surface area contributed by atoms with E-state index in [4.69, 9.17) is 9.47 Å². The largest absolute Gasteiger partial charge is 0.497 e. The van der Waals surface area contributed by atoms with Crippen LogP contribution in [0.3, 0.4) is 0 Å². The maximum atomic E-state index is 14.4. The van der Waals surface area contributed by atoms with Crippen molar-refractivity contribution in [3.05, 3.63) is 53.6 Å². The number of rotatable bonds is 7. The molecule has 2 amide bonds. The number of fused-ring (bicyclic) bond motifs is 2. The van der Waals surface area contributed by atoms with Crippen LogP contribution in [0.1, 0.15) is 37.3 Å². The number of aliphatic hydroxyl groups is 1. The van der Waals surface area contributed by atoms with Crippen LogP contribution in [0.5, 0.6) is 5.75 Å². The zero-order valence-electron chi connectivity index (χ0n) is 21.9. The molecule has 9 heteroatoms. The third-order valence-electron chi connectivity index (χ3n) is 8.24. The molecule has 3 aliphatic heterocycles. The van der Waals surface area contributed by atoms with E-state index in [9.17, 15) is 19.5 Å². The van der Waals surface area contributed by atoms with Gasteiger partial charge in [-0.1, -0.05) is 19.1 Å². The predicted octanol–water partition coefficient (Wildman–Crippen LogP) is 3.55. The molecule has 2 N–H and O–H groups in total. The molecule has 0 unspecified atom stereocenters. The van der Waals surface area contributed by atoms with E-state index < -0.39 is 20.0 Å². The molecule has 198 valence electrons. The Morgan fingerprint density at radius 3 is 2.62 bits per heavy atom. The van der Waals surface area contributed by atoms with Crippen molar-refractivity contribution < 1.29 is 29.0 Å². The summed E-state index contributed by atoms with van der Waals surface area (Å²) in [4.78, 5) is 41.5. The molecular weight excluding hydrogens is 488 g/mol. The third-order valence-corrected chi connectivity index (χ3v) is 10.7. The molecule has 3 aliphatic rings. The lowest BCUT2D eigenvalue weighted by atomic mass is 9.82. The van der Waals surface area contributed by atoms with Crippen molar-refractivity contribution in [1.82, 2.24) is 0 Å². The normalized spacial score (nSPS) is 27.5. The zero-order chi connectivity index (χ0) is 26.5. The Hall–Kier alpha value is -2.72. The average molecular weight is 525 g/mol. The van der Waals surface area contributed by atoms with Gasteiger partial charge >= 0.3 is 0 Å². The molecule has 3 heterocycles. The molecule has 0 aromatic heterocycles. The Kier molecular flexibility index (Phi) is 6.68. The number of benzene rings is 2. The first kappa shape index (κ1) is 25.9. The van der Waals surface area contributed by atoms with Gasteiger partial charge in [0, 0.05) is 42.3 Å². The van der Waals surface area contributed by atoms with Crippen molar-refractivity contribution in [1.29, 1.82) is 0 Å². The SMILES string of the molecule is COc1ccc2c(c1)[C@]1(O[C@@H](CCO)[C@H]([Si](C)(C)O)[C@H]1C)C(=O)N2Cc1cccc(N2CCCC2=O)c1. The van der Waals surface area contributed by atoms with E-state index in [0.717, 1.165) is 28.9 Å². The molecule has 0 bridgehead atoms. The molecule has 0 radical (unpaired) electrons. The van der Waals surface area contributed by atoms with Gasteiger partial charge in [-0.2, -0.15) is 0 Å². The number of ether oxygens (including phenoxy) is 2. The first-order valence-electron chi connectivity index (χ1n) is 13.0. The van der Waals surface area contributed by atoms with Crippen LogP contribution in [-0.4, -0.2) is 56.4 Å². The summed E-state index contributed by atoms with van der Waals surface area (Å²) in [5, 5.41) is 9.76. The molecule has 2 aromatic carbocycles. The molecule has 2 aromatic rings. The van der Waals surface area contributed by atoms with Crippen molar-refractivity contribution in [3.8, 4) is 5.75 Å². The van der Waals surface area contributed by atoms with Crippen LogP contribution in [0, 0.1) is 5.92 Å². The maximum Gasteiger partial charge on any atom is 0.264 e. The highest BCUT2D eigenvalue weighted by Crippen LogP contribution is 2.60. The Morgan fingerprint density at radius 1 is 1.19 bits per heavy atom. The highest BCUT2D eigenvalue weighted by molar-refractivity contribution is 6.71. The fourth-order valence-electron chi connectivity index (χ4n) is 6.66. The van der Waals surface area contributed by atoms with Gasteiger partial charge in [-0.3, -0.25) is 9.59 Å². The summed E-state index contributed by atoms with van der Waals surface area (Å²) in [7, 11) is -1.16. The predicted molar refractivity (Wildman–Crippen MR) is 143 cm³/mol. The van der Waals surface area contributed by atoms with Crippen LogP contribution in [0.15, 0.2) is 42.5 Å². The fourth-order valence-corrected chi connectivity index (χ4v) is 9.27. The fraction of sp³-hybridized carbons (Fsp3) is 0.500. The number of amides is 2. The van der Waals surface area contributed by atoms with Gasteiger partial charge in [0.05, 0.1) is 25.4 Å². The number of nitrogens with zero attached hydrogens (tertiary/aromatic N) is 2. The number of anilines is 2. The number of carbonyl (C=O) groups is 2. The number of aliphatic hydroxyl groups excluding tert-OH is 1. The van der Waals surface area contributed by atoms with E-state index in [0.29, 0.717) is 31.7 Å². The van der Waals surface area contributed by atoms with Gasteiger partial charge in [0.1, 0.15) is 5.75 Å². The van der Waals surface area contributed by atoms with Gasteiger partial charge in [-0.05, 0) is 61.8 Å². The number of methoxy groups -OCH3 is 1. The molecule has 8 nitrogen and oxygen atoms in total. The lowest BCUT2D eigenvalue weighted by molar-refractivity contribution is -0.146. The van der Waals surface area contributed by atoms with Crippen molar-refractivity contribution in [2.75, 3.05) is 30.1 Å². The van der Waals surface area contributed by atoms with Crippen LogP contribution < -0.4 is 14.5 Å². The van der Waals surface area contributed by atoms with Crippen molar-refractivity contribution >= 4 is 31.5 Å². The molecule has 1 spiro atoms. The summed E-state index contributed by atoms with van der Waals surface area (Å²) >= 11 is 0. The minimum Gasteiger partial charge on any atom is -0.497 e. The van der Waals surface area contributed by atoms with E-state index in [1.807, 2.05) is 62.5 Å². The van der Waals surface area contributed by atoms with E-state index >= 15 is 0 Å². The molecule has 4 atom stereocenters. The lowest BCUT2D eigenvalue weighted by Crippen LogP contribution is -2.46. The Labute approximate surface area is 218 Å². The van der Waals surface area contributed by atoms with Crippen molar-refractivity contribution in [2.45, 2.75) is 63.1 Å². The second-order valence-electron chi connectivity index (χ2n) is 11.0. The summed E-state index contributed by atoms with van der Waals surface area (Å²) in [6.07, 6.45) is 1.33. The second kappa shape index (κ2) is 9.54. The van der Waals surface area contributed by atoms with E-state index in [1.165, 1.54) is 0 Å². The average Bonchev–Trinajstić information content (AvgIpc) is 3.49. The van der Waals surface area contributed by atoms with Gasteiger partial charge < -0.3 is 29.2 Å². The topological polar surface area (TPSA) is 99.5 Å². The Bertz CT molecular complexity index is 1210. The number of hydrogen-bond donors (Lipinski definition) is 2. The van der Waals surface area contributed by atoms with Gasteiger partial charge in [-0.15, -0.1) is 0 Å². The molecular formula is C28H36N2O6Si. The third kappa shape index (κ3) is 4.18. The number of hydrogen-bond acceptors (Lipinski definition) is 6. The van der Waals surface area contributed by atoms with E-state index in [1.54, 1.807) is 16.9 Å².